The maximum absolute atomic E-state index is 12.0. The van der Waals surface area contributed by atoms with Crippen molar-refractivity contribution < 1.29 is 9.53 Å². The molecule has 1 aliphatic heterocycles. The van der Waals surface area contributed by atoms with E-state index in [-0.39, 0.29) is 11.6 Å². The van der Waals surface area contributed by atoms with Gasteiger partial charge in [0.25, 0.3) is 0 Å². The SMILES string of the molecule is CC1CC(NC2CCCC2)CN(CC(=O)OC(C)(C)C)C1. The number of esters is 1. The van der Waals surface area contributed by atoms with Gasteiger partial charge in [0.05, 0.1) is 6.54 Å². The maximum Gasteiger partial charge on any atom is 0.320 e. The molecule has 4 nitrogen and oxygen atoms in total. The minimum atomic E-state index is -0.389. The summed E-state index contributed by atoms with van der Waals surface area (Å²) in [7, 11) is 0. The van der Waals surface area contributed by atoms with Gasteiger partial charge in [-0.2, -0.15) is 0 Å². The highest BCUT2D eigenvalue weighted by Crippen LogP contribution is 2.22. The van der Waals surface area contributed by atoms with Crippen molar-refractivity contribution in [2.45, 2.75) is 77.5 Å². The van der Waals surface area contributed by atoms with E-state index in [4.69, 9.17) is 4.74 Å². The van der Waals surface area contributed by atoms with E-state index in [0.29, 0.717) is 24.5 Å². The van der Waals surface area contributed by atoms with Gasteiger partial charge in [-0.3, -0.25) is 9.69 Å². The van der Waals surface area contributed by atoms with Crippen LogP contribution in [0.25, 0.3) is 0 Å². The number of likely N-dealkylation sites (tertiary alicyclic amines) is 1. The summed E-state index contributed by atoms with van der Waals surface area (Å²) in [6.07, 6.45) is 6.58. The number of hydrogen-bond donors (Lipinski definition) is 1. The molecule has 4 heteroatoms. The van der Waals surface area contributed by atoms with E-state index >= 15 is 0 Å². The van der Waals surface area contributed by atoms with Gasteiger partial charge in [0, 0.05) is 25.2 Å². The predicted octanol–water partition coefficient (Wildman–Crippen LogP) is 2.57. The number of carbonyl (C=O) groups is 1. The highest BCUT2D eigenvalue weighted by atomic mass is 16.6. The van der Waals surface area contributed by atoms with Gasteiger partial charge in [0.1, 0.15) is 5.60 Å². The Morgan fingerprint density at radius 3 is 2.48 bits per heavy atom. The highest BCUT2D eigenvalue weighted by molar-refractivity contribution is 5.72. The standard InChI is InChI=1S/C17H32N2O2/c1-13-9-15(18-14-7-5-6-8-14)11-19(10-13)12-16(20)21-17(2,3)4/h13-15,18H,5-12H2,1-4H3. The molecule has 1 saturated heterocycles. The van der Waals surface area contributed by atoms with Crippen LogP contribution in [0.5, 0.6) is 0 Å². The first kappa shape index (κ1) is 16.8. The Morgan fingerprint density at radius 1 is 1.19 bits per heavy atom. The molecule has 0 aromatic carbocycles. The van der Waals surface area contributed by atoms with Crippen molar-refractivity contribution in [1.29, 1.82) is 0 Å². The molecule has 2 fully saturated rings. The topological polar surface area (TPSA) is 41.6 Å². The van der Waals surface area contributed by atoms with Gasteiger partial charge in [-0.1, -0.05) is 19.8 Å². The summed E-state index contributed by atoms with van der Waals surface area (Å²) in [4.78, 5) is 14.3. The van der Waals surface area contributed by atoms with E-state index in [1.165, 1.54) is 32.1 Å². The fourth-order valence-corrected chi connectivity index (χ4v) is 3.69. The lowest BCUT2D eigenvalue weighted by Crippen LogP contribution is -2.52. The summed E-state index contributed by atoms with van der Waals surface area (Å²) in [6.45, 7) is 10.5. The molecule has 2 rings (SSSR count). The minimum Gasteiger partial charge on any atom is -0.459 e. The highest BCUT2D eigenvalue weighted by Gasteiger charge is 2.29. The second-order valence-electron chi connectivity index (χ2n) is 7.97. The Balaban J connectivity index is 1.81. The summed E-state index contributed by atoms with van der Waals surface area (Å²) in [5, 5.41) is 3.81. The lowest BCUT2D eigenvalue weighted by molar-refractivity contribution is -0.156. The van der Waals surface area contributed by atoms with Gasteiger partial charge in [-0.15, -0.1) is 0 Å². The first-order valence-corrected chi connectivity index (χ1v) is 8.52. The minimum absolute atomic E-state index is 0.101. The van der Waals surface area contributed by atoms with Crippen molar-refractivity contribution in [3.05, 3.63) is 0 Å². The molecule has 0 aromatic rings. The number of rotatable bonds is 4. The molecule has 1 heterocycles. The van der Waals surface area contributed by atoms with Crippen LogP contribution in [0.3, 0.4) is 0 Å². The lowest BCUT2D eigenvalue weighted by Gasteiger charge is -2.38. The van der Waals surface area contributed by atoms with E-state index in [1.807, 2.05) is 20.8 Å². The molecule has 0 spiro atoms. The molecule has 21 heavy (non-hydrogen) atoms. The van der Waals surface area contributed by atoms with Gasteiger partial charge in [-0.05, 0) is 46.0 Å². The van der Waals surface area contributed by atoms with Crippen LogP contribution >= 0.6 is 0 Å². The zero-order chi connectivity index (χ0) is 15.5. The van der Waals surface area contributed by atoms with Crippen molar-refractivity contribution >= 4 is 5.97 Å². The summed E-state index contributed by atoms with van der Waals surface area (Å²) in [5.41, 5.74) is -0.389. The fourth-order valence-electron chi connectivity index (χ4n) is 3.69. The lowest BCUT2D eigenvalue weighted by atomic mass is 9.95. The molecule has 0 bridgehead atoms. The second-order valence-corrected chi connectivity index (χ2v) is 7.97. The summed E-state index contributed by atoms with van der Waals surface area (Å²) in [5.74, 6) is 0.538. The van der Waals surface area contributed by atoms with Gasteiger partial charge in [0.15, 0.2) is 0 Å². The molecule has 1 saturated carbocycles. The monoisotopic (exact) mass is 296 g/mol. The maximum atomic E-state index is 12.0. The van der Waals surface area contributed by atoms with Crippen LogP contribution in [0, 0.1) is 5.92 Å². The predicted molar refractivity (Wildman–Crippen MR) is 85.2 cm³/mol. The van der Waals surface area contributed by atoms with Crippen molar-refractivity contribution in [2.75, 3.05) is 19.6 Å². The number of nitrogens with zero attached hydrogens (tertiary/aromatic N) is 1. The molecule has 1 N–H and O–H groups in total. The van der Waals surface area contributed by atoms with Crippen molar-refractivity contribution in [3.63, 3.8) is 0 Å². The van der Waals surface area contributed by atoms with Gasteiger partial charge < -0.3 is 10.1 Å². The Labute approximate surface area is 129 Å². The van der Waals surface area contributed by atoms with E-state index in [0.717, 1.165) is 13.1 Å². The summed E-state index contributed by atoms with van der Waals surface area (Å²) >= 11 is 0. The summed E-state index contributed by atoms with van der Waals surface area (Å²) in [6, 6.07) is 1.22. The number of ether oxygens (including phenoxy) is 1. The van der Waals surface area contributed by atoms with Crippen LogP contribution in [-0.2, 0) is 9.53 Å². The van der Waals surface area contributed by atoms with E-state index in [9.17, 15) is 4.79 Å². The number of piperidine rings is 1. The normalized spacial score (nSPS) is 28.8. The Hall–Kier alpha value is -0.610. The fraction of sp³-hybridized carbons (Fsp3) is 0.941. The Kier molecular flexibility index (Phi) is 5.67. The van der Waals surface area contributed by atoms with Crippen LogP contribution in [0.1, 0.15) is 59.8 Å². The third-order valence-electron chi connectivity index (χ3n) is 4.33. The number of hydrogen-bond acceptors (Lipinski definition) is 4. The van der Waals surface area contributed by atoms with Gasteiger partial charge >= 0.3 is 5.97 Å². The second kappa shape index (κ2) is 7.10. The molecule has 0 radical (unpaired) electrons. The molecule has 122 valence electrons. The first-order valence-electron chi connectivity index (χ1n) is 8.52. The third-order valence-corrected chi connectivity index (χ3v) is 4.33. The van der Waals surface area contributed by atoms with Crippen molar-refractivity contribution in [3.8, 4) is 0 Å². The molecule has 0 aromatic heterocycles. The van der Waals surface area contributed by atoms with E-state index in [1.54, 1.807) is 0 Å². The number of carbonyl (C=O) groups excluding carboxylic acids is 1. The van der Waals surface area contributed by atoms with Crippen molar-refractivity contribution in [1.82, 2.24) is 10.2 Å². The quantitative estimate of drug-likeness (QED) is 0.810. The van der Waals surface area contributed by atoms with Gasteiger partial charge in [0.2, 0.25) is 0 Å². The van der Waals surface area contributed by atoms with E-state index in [2.05, 4.69) is 17.1 Å². The average Bonchev–Trinajstić information content (AvgIpc) is 2.77. The third kappa shape index (κ3) is 5.95. The summed E-state index contributed by atoms with van der Waals surface area (Å²) < 4.78 is 5.44. The van der Waals surface area contributed by atoms with Crippen LogP contribution in [-0.4, -0.2) is 48.2 Å². The largest absolute Gasteiger partial charge is 0.459 e. The van der Waals surface area contributed by atoms with Crippen LogP contribution in [0.4, 0.5) is 0 Å². The Morgan fingerprint density at radius 2 is 1.86 bits per heavy atom. The molecule has 2 aliphatic rings. The van der Waals surface area contributed by atoms with Crippen LogP contribution < -0.4 is 5.32 Å². The molecule has 2 unspecified atom stereocenters. The molecule has 1 aliphatic carbocycles. The van der Waals surface area contributed by atoms with Crippen LogP contribution in [0.15, 0.2) is 0 Å². The Bertz CT molecular complexity index is 345. The van der Waals surface area contributed by atoms with Crippen molar-refractivity contribution in [2.24, 2.45) is 5.92 Å². The molecular weight excluding hydrogens is 264 g/mol. The molecule has 0 amide bonds. The molecular formula is C17H32N2O2. The van der Waals surface area contributed by atoms with Gasteiger partial charge in [-0.25, -0.2) is 0 Å². The zero-order valence-electron chi connectivity index (χ0n) is 14.2. The number of nitrogens with one attached hydrogen (secondary N) is 1. The molecule has 2 atom stereocenters. The first-order chi connectivity index (χ1) is 9.82. The smallest absolute Gasteiger partial charge is 0.320 e. The zero-order valence-corrected chi connectivity index (χ0v) is 14.2. The van der Waals surface area contributed by atoms with Crippen LogP contribution in [0.2, 0.25) is 0 Å². The van der Waals surface area contributed by atoms with E-state index < -0.39 is 0 Å². The average molecular weight is 296 g/mol.